The number of carboxylic acid groups (broad SMARTS) is 1. The number of nitrogens with zero attached hydrogens (tertiary/aromatic N) is 2. The number of imidazole rings is 1. The lowest BCUT2D eigenvalue weighted by Crippen LogP contribution is -1.99. The summed E-state index contributed by atoms with van der Waals surface area (Å²) in [4.78, 5) is 15.2. The minimum absolute atomic E-state index is 0.136. The highest BCUT2D eigenvalue weighted by molar-refractivity contribution is 6.34. The summed E-state index contributed by atoms with van der Waals surface area (Å²) in [5.74, 6) is -1.00. The van der Waals surface area contributed by atoms with Crippen molar-refractivity contribution >= 4 is 28.6 Å². The number of rotatable bonds is 2. The van der Waals surface area contributed by atoms with E-state index in [4.69, 9.17) is 16.7 Å². The van der Waals surface area contributed by atoms with Crippen LogP contribution in [0, 0.1) is 0 Å². The first kappa shape index (κ1) is 9.66. The van der Waals surface area contributed by atoms with Gasteiger partial charge >= 0.3 is 5.97 Å². The Kier molecular flexibility index (Phi) is 1.94. The minimum atomic E-state index is -1.00. The van der Waals surface area contributed by atoms with E-state index in [0.29, 0.717) is 6.04 Å². The average molecular weight is 237 g/mol. The zero-order chi connectivity index (χ0) is 11.3. The lowest BCUT2D eigenvalue weighted by molar-refractivity contribution is 0.0697. The van der Waals surface area contributed by atoms with Crippen LogP contribution in [0.3, 0.4) is 0 Å². The zero-order valence-electron chi connectivity index (χ0n) is 8.35. The monoisotopic (exact) mass is 236 g/mol. The van der Waals surface area contributed by atoms with Crippen molar-refractivity contribution in [2.75, 3.05) is 0 Å². The first-order valence-corrected chi connectivity index (χ1v) is 5.44. The first-order chi connectivity index (χ1) is 7.66. The molecule has 0 atom stereocenters. The molecule has 2 aromatic rings. The highest BCUT2D eigenvalue weighted by atomic mass is 35.5. The van der Waals surface area contributed by atoms with Gasteiger partial charge < -0.3 is 9.67 Å². The molecule has 1 saturated carbocycles. The van der Waals surface area contributed by atoms with Crippen LogP contribution >= 0.6 is 11.6 Å². The molecule has 1 fully saturated rings. The predicted octanol–water partition coefficient (Wildman–Crippen LogP) is 2.72. The van der Waals surface area contributed by atoms with Crippen LogP contribution < -0.4 is 0 Å². The second-order valence-electron chi connectivity index (χ2n) is 4.01. The molecule has 1 heterocycles. The van der Waals surface area contributed by atoms with Crippen LogP contribution in [0.2, 0.25) is 5.02 Å². The fourth-order valence-corrected chi connectivity index (χ4v) is 2.09. The SMILES string of the molecule is O=C(O)c1cc2c(cc1Cl)ncn2C1CC1. The van der Waals surface area contributed by atoms with E-state index in [1.54, 1.807) is 18.5 Å². The molecule has 1 aromatic heterocycles. The lowest BCUT2D eigenvalue weighted by Gasteiger charge is -2.03. The highest BCUT2D eigenvalue weighted by Crippen LogP contribution is 2.37. The Bertz CT molecular complexity index is 587. The fourth-order valence-electron chi connectivity index (χ4n) is 1.86. The van der Waals surface area contributed by atoms with E-state index in [1.807, 2.05) is 4.57 Å². The second kappa shape index (κ2) is 3.22. The summed E-state index contributed by atoms with van der Waals surface area (Å²) in [7, 11) is 0. The lowest BCUT2D eigenvalue weighted by atomic mass is 10.2. The molecule has 0 amide bonds. The summed E-state index contributed by atoms with van der Waals surface area (Å²) >= 11 is 5.87. The summed E-state index contributed by atoms with van der Waals surface area (Å²) in [6.45, 7) is 0. The van der Waals surface area contributed by atoms with Crippen molar-refractivity contribution in [1.29, 1.82) is 0 Å². The van der Waals surface area contributed by atoms with Gasteiger partial charge in [0.05, 0.1) is 27.9 Å². The molecule has 16 heavy (non-hydrogen) atoms. The molecule has 1 aliphatic rings. The third kappa shape index (κ3) is 1.38. The molecule has 4 nitrogen and oxygen atoms in total. The predicted molar refractivity (Wildman–Crippen MR) is 60.0 cm³/mol. The topological polar surface area (TPSA) is 55.1 Å². The number of hydrogen-bond acceptors (Lipinski definition) is 2. The van der Waals surface area contributed by atoms with Crippen LogP contribution in [0.25, 0.3) is 11.0 Å². The number of benzene rings is 1. The quantitative estimate of drug-likeness (QED) is 0.872. The largest absolute Gasteiger partial charge is 0.478 e. The van der Waals surface area contributed by atoms with Crippen LogP contribution in [0.5, 0.6) is 0 Å². The van der Waals surface area contributed by atoms with Crippen LogP contribution in [0.15, 0.2) is 18.5 Å². The van der Waals surface area contributed by atoms with Crippen molar-refractivity contribution in [1.82, 2.24) is 9.55 Å². The van der Waals surface area contributed by atoms with Gasteiger partial charge in [-0.3, -0.25) is 0 Å². The van der Waals surface area contributed by atoms with Gasteiger partial charge in [0.15, 0.2) is 0 Å². The molecule has 0 bridgehead atoms. The molecule has 3 rings (SSSR count). The van der Waals surface area contributed by atoms with Crippen molar-refractivity contribution in [3.05, 3.63) is 29.0 Å². The standard InChI is InChI=1S/C11H9ClN2O2/c12-8-4-9-10(3-7(8)11(15)16)14(5-13-9)6-1-2-6/h3-6H,1-2H2,(H,15,16). The van der Waals surface area contributed by atoms with Gasteiger partial charge in [0.25, 0.3) is 0 Å². The number of aromatic carboxylic acids is 1. The molecular formula is C11H9ClN2O2. The van der Waals surface area contributed by atoms with Crippen molar-refractivity contribution in [2.45, 2.75) is 18.9 Å². The molecule has 1 aliphatic carbocycles. The molecule has 0 unspecified atom stereocenters. The Morgan fingerprint density at radius 1 is 1.50 bits per heavy atom. The number of aromatic nitrogens is 2. The summed E-state index contributed by atoms with van der Waals surface area (Å²) in [5.41, 5.74) is 1.74. The number of halogens is 1. The Labute approximate surface area is 96.5 Å². The second-order valence-corrected chi connectivity index (χ2v) is 4.42. The maximum absolute atomic E-state index is 11.0. The first-order valence-electron chi connectivity index (χ1n) is 5.06. The number of fused-ring (bicyclic) bond motifs is 1. The maximum Gasteiger partial charge on any atom is 0.337 e. The van der Waals surface area contributed by atoms with Gasteiger partial charge in [-0.05, 0) is 25.0 Å². The van der Waals surface area contributed by atoms with Crippen LogP contribution in [0.1, 0.15) is 29.2 Å². The van der Waals surface area contributed by atoms with E-state index in [1.165, 1.54) is 0 Å². The van der Waals surface area contributed by atoms with E-state index < -0.39 is 5.97 Å². The van der Waals surface area contributed by atoms with Crippen molar-refractivity contribution in [2.24, 2.45) is 0 Å². The Morgan fingerprint density at radius 2 is 2.25 bits per heavy atom. The van der Waals surface area contributed by atoms with Gasteiger partial charge in [-0.25, -0.2) is 9.78 Å². The molecule has 5 heteroatoms. The molecule has 0 radical (unpaired) electrons. The van der Waals surface area contributed by atoms with Crippen molar-refractivity contribution in [3.63, 3.8) is 0 Å². The van der Waals surface area contributed by atoms with Crippen LogP contribution in [-0.4, -0.2) is 20.6 Å². The Morgan fingerprint density at radius 3 is 2.88 bits per heavy atom. The zero-order valence-corrected chi connectivity index (χ0v) is 9.11. The van der Waals surface area contributed by atoms with Gasteiger partial charge in [-0.15, -0.1) is 0 Å². The van der Waals surface area contributed by atoms with E-state index in [2.05, 4.69) is 4.98 Å². The average Bonchev–Trinajstić information content (AvgIpc) is 2.99. The third-order valence-corrected chi connectivity index (χ3v) is 3.15. The van der Waals surface area contributed by atoms with Gasteiger partial charge in [-0.1, -0.05) is 11.6 Å². The smallest absolute Gasteiger partial charge is 0.337 e. The summed E-state index contributed by atoms with van der Waals surface area (Å²) < 4.78 is 2.03. The van der Waals surface area contributed by atoms with Crippen LogP contribution in [-0.2, 0) is 0 Å². The van der Waals surface area contributed by atoms with E-state index in [0.717, 1.165) is 23.9 Å². The molecular weight excluding hydrogens is 228 g/mol. The minimum Gasteiger partial charge on any atom is -0.478 e. The van der Waals surface area contributed by atoms with Crippen molar-refractivity contribution in [3.8, 4) is 0 Å². The molecule has 82 valence electrons. The Balaban J connectivity index is 2.26. The molecule has 0 saturated heterocycles. The molecule has 1 aromatic carbocycles. The van der Waals surface area contributed by atoms with Gasteiger partial charge in [0.1, 0.15) is 0 Å². The highest BCUT2D eigenvalue weighted by Gasteiger charge is 2.25. The summed E-state index contributed by atoms with van der Waals surface area (Å²) in [6.07, 6.45) is 4.03. The van der Waals surface area contributed by atoms with Crippen molar-refractivity contribution < 1.29 is 9.90 Å². The van der Waals surface area contributed by atoms with Gasteiger partial charge in [0, 0.05) is 6.04 Å². The molecule has 0 spiro atoms. The third-order valence-electron chi connectivity index (χ3n) is 2.83. The number of carboxylic acids is 1. The molecule has 1 N–H and O–H groups in total. The van der Waals surface area contributed by atoms with E-state index in [9.17, 15) is 4.79 Å². The normalized spacial score (nSPS) is 15.6. The summed E-state index contributed by atoms with van der Waals surface area (Å²) in [6, 6.07) is 3.69. The number of hydrogen-bond donors (Lipinski definition) is 1. The Hall–Kier alpha value is -1.55. The van der Waals surface area contributed by atoms with Gasteiger partial charge in [-0.2, -0.15) is 0 Å². The van der Waals surface area contributed by atoms with E-state index >= 15 is 0 Å². The van der Waals surface area contributed by atoms with Gasteiger partial charge in [0.2, 0.25) is 0 Å². The molecule has 0 aliphatic heterocycles. The number of carbonyl (C=O) groups is 1. The summed E-state index contributed by atoms with van der Waals surface area (Å²) in [5, 5.41) is 9.23. The van der Waals surface area contributed by atoms with Crippen LogP contribution in [0.4, 0.5) is 0 Å². The van der Waals surface area contributed by atoms with E-state index in [-0.39, 0.29) is 10.6 Å². The maximum atomic E-state index is 11.0. The fraction of sp³-hybridized carbons (Fsp3) is 0.273.